The minimum absolute atomic E-state index is 0. The van der Waals surface area contributed by atoms with Crippen molar-refractivity contribution >= 4 is 18.3 Å². The molecule has 28 heavy (non-hydrogen) atoms. The van der Waals surface area contributed by atoms with Gasteiger partial charge in [0.05, 0.1) is 13.7 Å². The van der Waals surface area contributed by atoms with Crippen molar-refractivity contribution in [3.63, 3.8) is 0 Å². The van der Waals surface area contributed by atoms with Gasteiger partial charge in [0.2, 0.25) is 5.91 Å². The lowest BCUT2D eigenvalue weighted by Crippen LogP contribution is -2.37. The Morgan fingerprint density at radius 3 is 2.43 bits per heavy atom. The molecule has 2 aromatic rings. The summed E-state index contributed by atoms with van der Waals surface area (Å²) >= 11 is 0. The van der Waals surface area contributed by atoms with Gasteiger partial charge in [0.25, 0.3) is 0 Å². The van der Waals surface area contributed by atoms with E-state index in [1.807, 2.05) is 37.4 Å². The predicted octanol–water partition coefficient (Wildman–Crippen LogP) is 2.75. The van der Waals surface area contributed by atoms with Crippen molar-refractivity contribution in [3.8, 4) is 5.75 Å². The number of methoxy groups -OCH3 is 1. The highest BCUT2D eigenvalue weighted by Gasteiger charge is 2.33. The van der Waals surface area contributed by atoms with Crippen molar-refractivity contribution in [1.82, 2.24) is 9.80 Å². The zero-order valence-electron chi connectivity index (χ0n) is 16.6. The van der Waals surface area contributed by atoms with Crippen LogP contribution in [0.2, 0.25) is 0 Å². The third-order valence-corrected chi connectivity index (χ3v) is 5.41. The lowest BCUT2D eigenvalue weighted by molar-refractivity contribution is -0.131. The highest BCUT2D eigenvalue weighted by Crippen LogP contribution is 2.31. The summed E-state index contributed by atoms with van der Waals surface area (Å²) in [6.45, 7) is 3.43. The zero-order chi connectivity index (χ0) is 19.2. The first-order valence-electron chi connectivity index (χ1n) is 9.45. The fourth-order valence-corrected chi connectivity index (χ4v) is 3.81. The van der Waals surface area contributed by atoms with Crippen LogP contribution in [-0.4, -0.2) is 56.0 Å². The Morgan fingerprint density at radius 2 is 1.82 bits per heavy atom. The molecule has 0 aromatic heterocycles. The van der Waals surface area contributed by atoms with Crippen molar-refractivity contribution in [2.75, 3.05) is 40.3 Å². The van der Waals surface area contributed by atoms with Gasteiger partial charge in [0, 0.05) is 32.6 Å². The molecule has 1 saturated heterocycles. The van der Waals surface area contributed by atoms with E-state index in [-0.39, 0.29) is 18.3 Å². The molecule has 5 nitrogen and oxygen atoms in total. The van der Waals surface area contributed by atoms with Gasteiger partial charge in [-0.1, -0.05) is 42.5 Å². The number of amides is 1. The second kappa shape index (κ2) is 10.5. The topological polar surface area (TPSA) is 58.8 Å². The van der Waals surface area contributed by atoms with Gasteiger partial charge in [-0.15, -0.1) is 12.4 Å². The summed E-state index contributed by atoms with van der Waals surface area (Å²) in [5.41, 5.74) is 8.41. The summed E-state index contributed by atoms with van der Waals surface area (Å²) in [6, 6.07) is 18.3. The van der Waals surface area contributed by atoms with E-state index in [9.17, 15) is 4.79 Å². The molecule has 0 saturated carbocycles. The van der Waals surface area contributed by atoms with Crippen molar-refractivity contribution in [1.29, 1.82) is 0 Å². The van der Waals surface area contributed by atoms with Gasteiger partial charge in [-0.25, -0.2) is 0 Å². The van der Waals surface area contributed by atoms with Gasteiger partial charge in [-0.3, -0.25) is 9.69 Å². The third kappa shape index (κ3) is 5.47. The third-order valence-electron chi connectivity index (χ3n) is 5.41. The van der Waals surface area contributed by atoms with Crippen LogP contribution >= 0.6 is 12.4 Å². The number of hydrogen-bond donors (Lipinski definition) is 1. The average Bonchev–Trinajstić information content (AvgIpc) is 3.12. The Morgan fingerprint density at radius 1 is 1.14 bits per heavy atom. The lowest BCUT2D eigenvalue weighted by atomic mass is 9.89. The van der Waals surface area contributed by atoms with Crippen LogP contribution in [0.4, 0.5) is 0 Å². The number of carbonyl (C=O) groups is 1. The molecule has 1 aliphatic heterocycles. The summed E-state index contributed by atoms with van der Waals surface area (Å²) in [4.78, 5) is 16.7. The molecule has 0 radical (unpaired) electrons. The molecule has 0 bridgehead atoms. The minimum Gasteiger partial charge on any atom is -0.497 e. The molecule has 1 amide bonds. The SMILES string of the molecule is COc1ccc(CN(C)C(=O)CN2C[C@@H](CN)[C@H](c3ccccc3)C2)cc1.Cl. The van der Waals surface area contributed by atoms with Crippen molar-refractivity contribution < 1.29 is 9.53 Å². The quantitative estimate of drug-likeness (QED) is 0.772. The number of halogens is 1. The van der Waals surface area contributed by atoms with E-state index in [2.05, 4.69) is 29.2 Å². The van der Waals surface area contributed by atoms with Gasteiger partial charge < -0.3 is 15.4 Å². The highest BCUT2D eigenvalue weighted by molar-refractivity contribution is 5.85. The number of nitrogens with zero attached hydrogens (tertiary/aromatic N) is 2. The Kier molecular flexibility index (Phi) is 8.30. The van der Waals surface area contributed by atoms with Gasteiger partial charge in [0.1, 0.15) is 5.75 Å². The van der Waals surface area contributed by atoms with Crippen LogP contribution in [0, 0.1) is 5.92 Å². The molecule has 2 N–H and O–H groups in total. The Bertz CT molecular complexity index is 739. The average molecular weight is 404 g/mol. The molecule has 0 spiro atoms. The molecule has 0 aliphatic carbocycles. The number of likely N-dealkylation sites (tertiary alicyclic amines) is 1. The summed E-state index contributed by atoms with van der Waals surface area (Å²) in [6.07, 6.45) is 0. The van der Waals surface area contributed by atoms with E-state index in [4.69, 9.17) is 10.5 Å². The Labute approximate surface area is 173 Å². The van der Waals surface area contributed by atoms with Crippen LogP contribution in [0.25, 0.3) is 0 Å². The first-order valence-corrected chi connectivity index (χ1v) is 9.45. The summed E-state index contributed by atoms with van der Waals surface area (Å²) in [5, 5.41) is 0. The minimum atomic E-state index is 0. The molecule has 2 atom stereocenters. The largest absolute Gasteiger partial charge is 0.497 e. The standard InChI is InChI=1S/C22H29N3O2.ClH/c1-24(13-17-8-10-20(27-2)11-9-17)22(26)16-25-14-19(12-23)21(15-25)18-6-4-3-5-7-18;/h3-11,19,21H,12-16,23H2,1-2H3;1H/t19-,21+;/m1./s1. The van der Waals surface area contributed by atoms with Crippen LogP contribution in [-0.2, 0) is 11.3 Å². The van der Waals surface area contributed by atoms with Crippen molar-refractivity contribution in [2.45, 2.75) is 12.5 Å². The van der Waals surface area contributed by atoms with E-state index >= 15 is 0 Å². The zero-order valence-corrected chi connectivity index (χ0v) is 17.4. The highest BCUT2D eigenvalue weighted by atomic mass is 35.5. The van der Waals surface area contributed by atoms with Gasteiger partial charge in [-0.05, 0) is 35.7 Å². The molecule has 1 fully saturated rings. The molecule has 2 aromatic carbocycles. The monoisotopic (exact) mass is 403 g/mol. The molecule has 0 unspecified atom stereocenters. The van der Waals surface area contributed by atoms with E-state index in [0.717, 1.165) is 24.4 Å². The fourth-order valence-electron chi connectivity index (χ4n) is 3.81. The predicted molar refractivity (Wildman–Crippen MR) is 115 cm³/mol. The van der Waals surface area contributed by atoms with E-state index in [1.165, 1.54) is 5.56 Å². The molecule has 152 valence electrons. The van der Waals surface area contributed by atoms with Gasteiger partial charge in [0.15, 0.2) is 0 Å². The van der Waals surface area contributed by atoms with E-state index in [0.29, 0.717) is 31.5 Å². The Hall–Kier alpha value is -2.08. The number of rotatable bonds is 7. The maximum atomic E-state index is 12.7. The molecule has 1 aliphatic rings. The Balaban J connectivity index is 0.00000280. The maximum absolute atomic E-state index is 12.7. The smallest absolute Gasteiger partial charge is 0.236 e. The van der Waals surface area contributed by atoms with Crippen LogP contribution < -0.4 is 10.5 Å². The molecule has 6 heteroatoms. The van der Waals surface area contributed by atoms with Gasteiger partial charge in [-0.2, -0.15) is 0 Å². The molecular formula is C22H30ClN3O2. The summed E-state index contributed by atoms with van der Waals surface area (Å²) < 4.78 is 5.18. The summed E-state index contributed by atoms with van der Waals surface area (Å²) in [7, 11) is 3.51. The van der Waals surface area contributed by atoms with Crippen LogP contribution in [0.1, 0.15) is 17.0 Å². The second-order valence-electron chi connectivity index (χ2n) is 7.30. The van der Waals surface area contributed by atoms with E-state index < -0.39 is 0 Å². The second-order valence-corrected chi connectivity index (χ2v) is 7.30. The number of benzene rings is 2. The number of likely N-dealkylation sites (N-methyl/N-ethyl adjacent to an activating group) is 1. The van der Waals surface area contributed by atoms with E-state index in [1.54, 1.807) is 12.0 Å². The number of nitrogens with two attached hydrogens (primary N) is 1. The van der Waals surface area contributed by atoms with Crippen molar-refractivity contribution in [3.05, 3.63) is 65.7 Å². The number of hydrogen-bond acceptors (Lipinski definition) is 4. The first kappa shape index (κ1) is 22.2. The lowest BCUT2D eigenvalue weighted by Gasteiger charge is -2.22. The maximum Gasteiger partial charge on any atom is 0.236 e. The number of carbonyl (C=O) groups excluding carboxylic acids is 1. The number of ether oxygens (including phenoxy) is 1. The van der Waals surface area contributed by atoms with Crippen LogP contribution in [0.3, 0.4) is 0 Å². The normalized spacial score (nSPS) is 19.1. The fraction of sp³-hybridized carbons (Fsp3) is 0.409. The molecule has 3 rings (SSSR count). The van der Waals surface area contributed by atoms with Gasteiger partial charge >= 0.3 is 0 Å². The summed E-state index contributed by atoms with van der Waals surface area (Å²) in [5.74, 6) is 1.75. The molecular weight excluding hydrogens is 374 g/mol. The molecule has 1 heterocycles. The first-order chi connectivity index (χ1) is 13.1. The van der Waals surface area contributed by atoms with Crippen LogP contribution in [0.5, 0.6) is 5.75 Å². The van der Waals surface area contributed by atoms with Crippen molar-refractivity contribution in [2.24, 2.45) is 11.7 Å². The van der Waals surface area contributed by atoms with Crippen LogP contribution in [0.15, 0.2) is 54.6 Å².